The van der Waals surface area contributed by atoms with E-state index in [1.807, 2.05) is 17.8 Å². The summed E-state index contributed by atoms with van der Waals surface area (Å²) >= 11 is 1.86. The summed E-state index contributed by atoms with van der Waals surface area (Å²) in [7, 11) is 0. The van der Waals surface area contributed by atoms with Crippen molar-refractivity contribution in [3.8, 4) is 11.5 Å². The normalized spacial score (nSPS) is 25.4. The Labute approximate surface area is 124 Å². The number of hydrogen-bond donors (Lipinski definition) is 1. The summed E-state index contributed by atoms with van der Waals surface area (Å²) in [5, 5.41) is 4.01. The monoisotopic (exact) mass is 295 g/mol. The van der Waals surface area contributed by atoms with Gasteiger partial charge in [-0.25, -0.2) is 0 Å². The van der Waals surface area contributed by atoms with Crippen LogP contribution in [0.5, 0.6) is 11.5 Å². The van der Waals surface area contributed by atoms with Crippen molar-refractivity contribution in [2.75, 3.05) is 33.0 Å². The predicted octanol–water partition coefficient (Wildman–Crippen LogP) is 2.32. The van der Waals surface area contributed by atoms with E-state index in [4.69, 9.17) is 14.2 Å². The Morgan fingerprint density at radius 1 is 1.20 bits per heavy atom. The maximum atomic E-state index is 5.64. The van der Waals surface area contributed by atoms with Gasteiger partial charge in [0, 0.05) is 22.8 Å². The SMILES string of the molecule is CCNC1CCOCC1Sc1ccc2c(c1)OCCO2. The third-order valence-electron chi connectivity index (χ3n) is 3.57. The van der Waals surface area contributed by atoms with E-state index in [9.17, 15) is 0 Å². The highest BCUT2D eigenvalue weighted by Gasteiger charge is 2.26. The van der Waals surface area contributed by atoms with Crippen LogP contribution >= 0.6 is 11.8 Å². The van der Waals surface area contributed by atoms with Crippen molar-refractivity contribution in [2.45, 2.75) is 29.5 Å². The van der Waals surface area contributed by atoms with Gasteiger partial charge in [0.05, 0.1) is 6.61 Å². The number of fused-ring (bicyclic) bond motifs is 1. The van der Waals surface area contributed by atoms with Crippen molar-refractivity contribution in [3.63, 3.8) is 0 Å². The molecule has 0 aliphatic carbocycles. The number of hydrogen-bond acceptors (Lipinski definition) is 5. The summed E-state index contributed by atoms with van der Waals surface area (Å²) in [5.41, 5.74) is 0. The van der Waals surface area contributed by atoms with Gasteiger partial charge in [0.25, 0.3) is 0 Å². The summed E-state index contributed by atoms with van der Waals surface area (Å²) in [6.07, 6.45) is 1.08. The fraction of sp³-hybridized carbons (Fsp3) is 0.600. The first kappa shape index (κ1) is 14.0. The quantitative estimate of drug-likeness (QED) is 0.923. The van der Waals surface area contributed by atoms with Crippen LogP contribution in [-0.2, 0) is 4.74 Å². The Hall–Kier alpha value is -0.910. The van der Waals surface area contributed by atoms with Gasteiger partial charge in [-0.3, -0.25) is 0 Å². The predicted molar refractivity (Wildman–Crippen MR) is 80.0 cm³/mol. The molecule has 1 aromatic carbocycles. The lowest BCUT2D eigenvalue weighted by Crippen LogP contribution is -2.44. The smallest absolute Gasteiger partial charge is 0.162 e. The highest BCUT2D eigenvalue weighted by Crippen LogP contribution is 2.37. The lowest BCUT2D eigenvalue weighted by Gasteiger charge is -2.31. The molecule has 2 heterocycles. The van der Waals surface area contributed by atoms with E-state index in [1.165, 1.54) is 4.90 Å². The van der Waals surface area contributed by atoms with Gasteiger partial charge >= 0.3 is 0 Å². The zero-order valence-electron chi connectivity index (χ0n) is 11.8. The van der Waals surface area contributed by atoms with Crippen LogP contribution in [0, 0.1) is 0 Å². The van der Waals surface area contributed by atoms with Crippen LogP contribution < -0.4 is 14.8 Å². The molecule has 2 atom stereocenters. The lowest BCUT2D eigenvalue weighted by atomic mass is 10.1. The fourth-order valence-electron chi connectivity index (χ4n) is 2.60. The minimum atomic E-state index is 0.450. The third-order valence-corrected chi connectivity index (χ3v) is 4.86. The average Bonchev–Trinajstić information content (AvgIpc) is 2.49. The molecule has 1 N–H and O–H groups in total. The second-order valence-corrected chi connectivity index (χ2v) is 6.30. The molecule has 2 aliphatic heterocycles. The highest BCUT2D eigenvalue weighted by molar-refractivity contribution is 8.00. The van der Waals surface area contributed by atoms with E-state index in [0.717, 1.165) is 37.7 Å². The molecule has 110 valence electrons. The van der Waals surface area contributed by atoms with E-state index in [0.29, 0.717) is 24.5 Å². The molecule has 5 heteroatoms. The van der Waals surface area contributed by atoms with Gasteiger partial charge < -0.3 is 19.5 Å². The van der Waals surface area contributed by atoms with Crippen molar-refractivity contribution >= 4 is 11.8 Å². The highest BCUT2D eigenvalue weighted by atomic mass is 32.2. The molecule has 2 unspecified atom stereocenters. The molecule has 0 spiro atoms. The molecule has 3 rings (SSSR count). The van der Waals surface area contributed by atoms with Gasteiger partial charge in [-0.05, 0) is 31.2 Å². The maximum absolute atomic E-state index is 5.64. The summed E-state index contributed by atoms with van der Waals surface area (Å²) in [6, 6.07) is 6.71. The first-order valence-corrected chi connectivity index (χ1v) is 8.12. The Morgan fingerprint density at radius 3 is 2.90 bits per heavy atom. The van der Waals surface area contributed by atoms with Crippen LogP contribution in [0.4, 0.5) is 0 Å². The van der Waals surface area contributed by atoms with E-state index >= 15 is 0 Å². The Morgan fingerprint density at radius 2 is 2.05 bits per heavy atom. The summed E-state index contributed by atoms with van der Waals surface area (Å²) in [5.74, 6) is 1.71. The molecule has 0 radical (unpaired) electrons. The van der Waals surface area contributed by atoms with Crippen LogP contribution in [0.2, 0.25) is 0 Å². The van der Waals surface area contributed by atoms with Gasteiger partial charge in [0.1, 0.15) is 13.2 Å². The minimum absolute atomic E-state index is 0.450. The van der Waals surface area contributed by atoms with Gasteiger partial charge in [-0.1, -0.05) is 6.92 Å². The van der Waals surface area contributed by atoms with Crippen molar-refractivity contribution in [1.29, 1.82) is 0 Å². The van der Waals surface area contributed by atoms with E-state index in [2.05, 4.69) is 24.4 Å². The largest absolute Gasteiger partial charge is 0.486 e. The second kappa shape index (κ2) is 6.70. The summed E-state index contributed by atoms with van der Waals surface area (Å²) < 4.78 is 16.8. The molecule has 0 amide bonds. The second-order valence-electron chi connectivity index (χ2n) is 4.99. The number of nitrogens with one attached hydrogen (secondary N) is 1. The lowest BCUT2D eigenvalue weighted by molar-refractivity contribution is 0.0837. The molecule has 1 aromatic rings. The Kier molecular flexibility index (Phi) is 4.70. The van der Waals surface area contributed by atoms with Gasteiger partial charge in [0.2, 0.25) is 0 Å². The molecule has 4 nitrogen and oxygen atoms in total. The maximum Gasteiger partial charge on any atom is 0.162 e. The van der Waals surface area contributed by atoms with Crippen molar-refractivity contribution in [2.24, 2.45) is 0 Å². The van der Waals surface area contributed by atoms with Crippen LogP contribution in [0.1, 0.15) is 13.3 Å². The average molecular weight is 295 g/mol. The van der Waals surface area contributed by atoms with Gasteiger partial charge in [-0.2, -0.15) is 0 Å². The van der Waals surface area contributed by atoms with Crippen LogP contribution in [0.3, 0.4) is 0 Å². The summed E-state index contributed by atoms with van der Waals surface area (Å²) in [6.45, 7) is 6.09. The van der Waals surface area contributed by atoms with Crippen LogP contribution in [0.25, 0.3) is 0 Å². The molecule has 2 aliphatic rings. The number of ether oxygens (including phenoxy) is 3. The minimum Gasteiger partial charge on any atom is -0.486 e. The van der Waals surface area contributed by atoms with Crippen LogP contribution in [-0.4, -0.2) is 44.3 Å². The van der Waals surface area contributed by atoms with Gasteiger partial charge in [0.15, 0.2) is 11.5 Å². The van der Waals surface area contributed by atoms with Crippen molar-refractivity contribution in [3.05, 3.63) is 18.2 Å². The van der Waals surface area contributed by atoms with Crippen molar-refractivity contribution in [1.82, 2.24) is 5.32 Å². The van der Waals surface area contributed by atoms with Crippen molar-refractivity contribution < 1.29 is 14.2 Å². The fourth-order valence-corrected chi connectivity index (χ4v) is 3.83. The molecular weight excluding hydrogens is 274 g/mol. The zero-order valence-corrected chi connectivity index (χ0v) is 12.6. The standard InChI is InChI=1S/C15H21NO3S/c1-2-16-12-5-6-17-10-15(12)20-11-3-4-13-14(9-11)19-8-7-18-13/h3-4,9,12,15-16H,2,5-8,10H2,1H3. The van der Waals surface area contributed by atoms with E-state index in [-0.39, 0.29) is 0 Å². The van der Waals surface area contributed by atoms with Gasteiger partial charge in [-0.15, -0.1) is 11.8 Å². The molecule has 0 bridgehead atoms. The van der Waals surface area contributed by atoms with E-state index in [1.54, 1.807) is 0 Å². The third kappa shape index (κ3) is 3.22. The summed E-state index contributed by atoms with van der Waals surface area (Å²) in [4.78, 5) is 1.22. The molecule has 0 saturated carbocycles. The molecule has 1 fully saturated rings. The molecular formula is C15H21NO3S. The molecule has 1 saturated heterocycles. The zero-order chi connectivity index (χ0) is 13.8. The molecule has 0 aromatic heterocycles. The Balaban J connectivity index is 1.69. The first-order valence-electron chi connectivity index (χ1n) is 7.24. The first-order chi connectivity index (χ1) is 9.86. The van der Waals surface area contributed by atoms with Crippen LogP contribution in [0.15, 0.2) is 23.1 Å². The topological polar surface area (TPSA) is 39.7 Å². The Bertz CT molecular complexity index is 453. The molecule has 20 heavy (non-hydrogen) atoms. The number of thioether (sulfide) groups is 1. The van der Waals surface area contributed by atoms with E-state index < -0.39 is 0 Å². The number of benzene rings is 1. The number of rotatable bonds is 4.